The minimum Gasteiger partial charge on any atom is -0.381 e. The predicted molar refractivity (Wildman–Crippen MR) is 116 cm³/mol. The molecule has 170 valence electrons. The quantitative estimate of drug-likeness (QED) is 0.551. The lowest BCUT2D eigenvalue weighted by molar-refractivity contribution is 0.0266. The lowest BCUT2D eigenvalue weighted by Gasteiger charge is -2.35. The molecule has 1 aromatic heterocycles. The van der Waals surface area contributed by atoms with Crippen LogP contribution < -0.4 is 16.0 Å². The molecular weight excluding hydrogens is 398 g/mol. The van der Waals surface area contributed by atoms with Crippen LogP contribution in [0.5, 0.6) is 0 Å². The van der Waals surface area contributed by atoms with Crippen LogP contribution >= 0.6 is 0 Å². The molecule has 0 aromatic carbocycles. The Labute approximate surface area is 182 Å². The number of aromatic nitrogens is 2. The largest absolute Gasteiger partial charge is 0.381 e. The SMILES string of the molecule is O=C(Nc1cn[nH]c1C1=NC2CCC(CN3CCOCC3)C[C@@H]2N1)NC1CCOCC1. The topological polar surface area (TPSA) is 116 Å². The number of urea groups is 1. The number of aliphatic imine (C=N–C) groups is 1. The van der Waals surface area contributed by atoms with Gasteiger partial charge in [0, 0.05) is 38.9 Å². The van der Waals surface area contributed by atoms with Crippen molar-refractivity contribution in [1.29, 1.82) is 0 Å². The van der Waals surface area contributed by atoms with E-state index in [2.05, 4.69) is 31.0 Å². The number of aromatic amines is 1. The van der Waals surface area contributed by atoms with Gasteiger partial charge in [-0.1, -0.05) is 0 Å². The minimum absolute atomic E-state index is 0.150. The molecule has 4 N–H and O–H groups in total. The van der Waals surface area contributed by atoms with E-state index in [1.54, 1.807) is 6.20 Å². The molecule has 31 heavy (non-hydrogen) atoms. The van der Waals surface area contributed by atoms with Gasteiger partial charge in [-0.15, -0.1) is 0 Å². The van der Waals surface area contributed by atoms with Gasteiger partial charge in [0.2, 0.25) is 0 Å². The average Bonchev–Trinajstić information content (AvgIpc) is 3.41. The number of nitrogens with zero attached hydrogens (tertiary/aromatic N) is 3. The number of hydrogen-bond donors (Lipinski definition) is 4. The van der Waals surface area contributed by atoms with E-state index in [0.29, 0.717) is 36.9 Å². The third-order valence-corrected chi connectivity index (χ3v) is 6.84. The summed E-state index contributed by atoms with van der Waals surface area (Å²) in [5, 5.41) is 16.7. The molecule has 3 aliphatic heterocycles. The summed E-state index contributed by atoms with van der Waals surface area (Å²) in [5.41, 5.74) is 1.40. The lowest BCUT2D eigenvalue weighted by Crippen LogP contribution is -2.45. The molecule has 1 aromatic rings. The highest BCUT2D eigenvalue weighted by atomic mass is 16.5. The van der Waals surface area contributed by atoms with Crippen molar-refractivity contribution in [3.63, 3.8) is 0 Å². The van der Waals surface area contributed by atoms with E-state index in [-0.39, 0.29) is 12.1 Å². The number of ether oxygens (including phenoxy) is 2. The molecule has 1 saturated carbocycles. The van der Waals surface area contributed by atoms with E-state index >= 15 is 0 Å². The molecule has 1 aliphatic carbocycles. The van der Waals surface area contributed by atoms with Crippen molar-refractivity contribution in [2.75, 3.05) is 51.4 Å². The maximum Gasteiger partial charge on any atom is 0.319 e. The third kappa shape index (κ3) is 5.02. The summed E-state index contributed by atoms with van der Waals surface area (Å²) in [6, 6.07) is 0.582. The maximum absolute atomic E-state index is 12.5. The van der Waals surface area contributed by atoms with Gasteiger partial charge in [0.05, 0.1) is 37.2 Å². The van der Waals surface area contributed by atoms with Crippen molar-refractivity contribution < 1.29 is 14.3 Å². The lowest BCUT2D eigenvalue weighted by atomic mass is 9.83. The minimum atomic E-state index is -0.212. The monoisotopic (exact) mass is 431 g/mol. The summed E-state index contributed by atoms with van der Waals surface area (Å²) in [6.45, 7) is 6.31. The zero-order chi connectivity index (χ0) is 21.0. The van der Waals surface area contributed by atoms with Crippen molar-refractivity contribution in [3.05, 3.63) is 11.9 Å². The molecule has 2 amide bonds. The Balaban J connectivity index is 1.16. The van der Waals surface area contributed by atoms with Gasteiger partial charge in [-0.05, 0) is 38.0 Å². The fraction of sp³-hybridized carbons (Fsp3) is 0.762. The number of carbonyl (C=O) groups excluding carboxylic acids is 1. The second-order valence-corrected chi connectivity index (χ2v) is 9.03. The van der Waals surface area contributed by atoms with E-state index in [1.807, 2.05) is 0 Å². The molecule has 0 bridgehead atoms. The smallest absolute Gasteiger partial charge is 0.319 e. The Morgan fingerprint density at radius 1 is 1.13 bits per heavy atom. The summed E-state index contributed by atoms with van der Waals surface area (Å²) in [5.74, 6) is 1.49. The molecule has 0 spiro atoms. The highest BCUT2D eigenvalue weighted by Crippen LogP contribution is 2.31. The number of amides is 2. The Morgan fingerprint density at radius 2 is 1.94 bits per heavy atom. The number of carbonyl (C=O) groups is 1. The van der Waals surface area contributed by atoms with Crippen LogP contribution in [-0.4, -0.2) is 91.2 Å². The fourth-order valence-electron chi connectivity index (χ4n) is 5.13. The van der Waals surface area contributed by atoms with E-state index < -0.39 is 0 Å². The standard InChI is InChI=1S/C21H33N7O3/c29-21(23-15-3-7-30-8-4-15)26-18-12-22-27-19(18)20-24-16-2-1-14(11-17(16)25-20)13-28-5-9-31-10-6-28/h12,14-17H,1-11,13H2,(H,22,27)(H,24,25)(H2,23,26,29)/t14?,16?,17-/m0/s1. The summed E-state index contributed by atoms with van der Waals surface area (Å²) >= 11 is 0. The number of amidine groups is 1. The van der Waals surface area contributed by atoms with Gasteiger partial charge in [-0.25, -0.2) is 4.79 Å². The van der Waals surface area contributed by atoms with Crippen LogP contribution in [-0.2, 0) is 9.47 Å². The molecule has 5 rings (SSSR count). The first kappa shape index (κ1) is 20.7. The molecule has 10 nitrogen and oxygen atoms in total. The number of hydrogen-bond acceptors (Lipinski definition) is 7. The zero-order valence-electron chi connectivity index (χ0n) is 17.9. The van der Waals surface area contributed by atoms with Crippen molar-refractivity contribution in [3.8, 4) is 0 Å². The molecule has 4 aliphatic rings. The van der Waals surface area contributed by atoms with Crippen molar-refractivity contribution in [2.45, 2.75) is 50.2 Å². The number of anilines is 1. The van der Waals surface area contributed by atoms with Gasteiger partial charge in [-0.3, -0.25) is 15.0 Å². The molecule has 10 heteroatoms. The van der Waals surface area contributed by atoms with Gasteiger partial charge in [0.1, 0.15) is 11.5 Å². The second kappa shape index (κ2) is 9.54. The highest BCUT2D eigenvalue weighted by molar-refractivity contribution is 6.05. The predicted octanol–water partition coefficient (Wildman–Crippen LogP) is 0.930. The van der Waals surface area contributed by atoms with Crippen LogP contribution in [0.3, 0.4) is 0 Å². The molecular formula is C21H33N7O3. The van der Waals surface area contributed by atoms with Gasteiger partial charge < -0.3 is 25.4 Å². The van der Waals surface area contributed by atoms with Gasteiger partial charge in [-0.2, -0.15) is 5.10 Å². The second-order valence-electron chi connectivity index (χ2n) is 9.03. The van der Waals surface area contributed by atoms with Gasteiger partial charge in [0.25, 0.3) is 0 Å². The summed E-state index contributed by atoms with van der Waals surface area (Å²) in [4.78, 5) is 19.9. The highest BCUT2D eigenvalue weighted by Gasteiger charge is 2.37. The van der Waals surface area contributed by atoms with E-state index in [4.69, 9.17) is 14.5 Å². The first-order valence-corrected chi connectivity index (χ1v) is 11.6. The molecule has 2 saturated heterocycles. The Kier molecular flexibility index (Phi) is 6.37. The number of nitrogens with one attached hydrogen (secondary N) is 4. The first-order chi connectivity index (χ1) is 15.2. The zero-order valence-corrected chi connectivity index (χ0v) is 17.9. The maximum atomic E-state index is 12.5. The average molecular weight is 432 g/mol. The molecule has 0 radical (unpaired) electrons. The van der Waals surface area contributed by atoms with E-state index in [0.717, 1.165) is 70.1 Å². The van der Waals surface area contributed by atoms with Gasteiger partial charge in [0.15, 0.2) is 0 Å². The normalized spacial score (nSPS) is 29.7. The molecule has 4 heterocycles. The summed E-state index contributed by atoms with van der Waals surface area (Å²) < 4.78 is 10.8. The van der Waals surface area contributed by atoms with Crippen LogP contribution in [0, 0.1) is 5.92 Å². The van der Waals surface area contributed by atoms with Crippen molar-refractivity contribution in [2.24, 2.45) is 10.9 Å². The molecule has 3 fully saturated rings. The number of H-pyrrole nitrogens is 1. The summed E-state index contributed by atoms with van der Waals surface area (Å²) in [7, 11) is 0. The Hall–Kier alpha value is -2.17. The number of rotatable bonds is 5. The molecule has 3 atom stereocenters. The fourth-order valence-corrected chi connectivity index (χ4v) is 5.13. The van der Waals surface area contributed by atoms with Crippen LogP contribution in [0.15, 0.2) is 11.2 Å². The first-order valence-electron chi connectivity index (χ1n) is 11.6. The molecule has 2 unspecified atom stereocenters. The van der Waals surface area contributed by atoms with Crippen LogP contribution in [0.1, 0.15) is 37.8 Å². The van der Waals surface area contributed by atoms with Crippen molar-refractivity contribution in [1.82, 2.24) is 25.7 Å². The number of fused-ring (bicyclic) bond motifs is 1. The third-order valence-electron chi connectivity index (χ3n) is 6.84. The van der Waals surface area contributed by atoms with E-state index in [1.165, 1.54) is 6.42 Å². The number of morpholine rings is 1. The van der Waals surface area contributed by atoms with Gasteiger partial charge >= 0.3 is 6.03 Å². The van der Waals surface area contributed by atoms with Crippen LogP contribution in [0.25, 0.3) is 0 Å². The van der Waals surface area contributed by atoms with Crippen LogP contribution in [0.2, 0.25) is 0 Å². The van der Waals surface area contributed by atoms with Crippen LogP contribution in [0.4, 0.5) is 10.5 Å². The Morgan fingerprint density at radius 3 is 2.77 bits per heavy atom. The van der Waals surface area contributed by atoms with Crippen molar-refractivity contribution >= 4 is 17.6 Å². The van der Waals surface area contributed by atoms with E-state index in [9.17, 15) is 4.79 Å². The summed E-state index contributed by atoms with van der Waals surface area (Å²) in [6.07, 6.45) is 6.75. The Bertz CT molecular complexity index is 786.